The van der Waals surface area contributed by atoms with Gasteiger partial charge in [0.1, 0.15) is 0 Å². The van der Waals surface area contributed by atoms with Gasteiger partial charge >= 0.3 is 0 Å². The predicted octanol–water partition coefficient (Wildman–Crippen LogP) is 0.838. The van der Waals surface area contributed by atoms with Gasteiger partial charge in [0.05, 0.1) is 6.10 Å². The zero-order valence-electron chi connectivity index (χ0n) is 6.71. The Labute approximate surface area is 67.2 Å². The van der Waals surface area contributed by atoms with Crippen LogP contribution in [0.25, 0.3) is 0 Å². The van der Waals surface area contributed by atoms with Gasteiger partial charge in [0.2, 0.25) is 0 Å². The number of rotatable bonds is 5. The van der Waals surface area contributed by atoms with Crippen molar-refractivity contribution in [3.8, 4) is 0 Å². The molecule has 10 heavy (non-hydrogen) atoms. The number of hydrogen-bond acceptors (Lipinski definition) is 3. The first kappa shape index (κ1) is 10.3. The molecule has 0 aliphatic rings. The summed E-state index contributed by atoms with van der Waals surface area (Å²) < 4.78 is 0. The lowest BCUT2D eigenvalue weighted by molar-refractivity contribution is 0.180. The van der Waals surface area contributed by atoms with Crippen molar-refractivity contribution in [1.29, 1.82) is 0 Å². The topological polar surface area (TPSA) is 46.2 Å². The molecule has 0 aromatic heterocycles. The van der Waals surface area contributed by atoms with Gasteiger partial charge in [-0.1, -0.05) is 13.8 Å². The van der Waals surface area contributed by atoms with Crippen LogP contribution in [0.3, 0.4) is 0 Å². The molecule has 1 atom stereocenters. The third kappa shape index (κ3) is 6.39. The quantitative estimate of drug-likeness (QED) is 0.631. The molecular weight excluding hydrogens is 146 g/mol. The number of aliphatic hydroxyl groups is 1. The minimum atomic E-state index is -0.300. The first-order chi connectivity index (χ1) is 4.66. The molecule has 0 spiro atoms. The van der Waals surface area contributed by atoms with Crippen LogP contribution in [0.1, 0.15) is 20.3 Å². The summed E-state index contributed by atoms with van der Waals surface area (Å²) in [6.07, 6.45) is 0.519. The van der Waals surface area contributed by atoms with Crippen LogP contribution in [0.15, 0.2) is 0 Å². The van der Waals surface area contributed by atoms with Crippen molar-refractivity contribution in [3.63, 3.8) is 0 Å². The lowest BCUT2D eigenvalue weighted by Crippen LogP contribution is -2.20. The molecule has 2 nitrogen and oxygen atoms in total. The van der Waals surface area contributed by atoms with E-state index in [4.69, 9.17) is 10.8 Å². The molecule has 0 saturated carbocycles. The fraction of sp³-hybridized carbons (Fsp3) is 1.00. The standard InChI is InChI=1S/C7H17NOS/c1-6(2)10-4-3-7(9)5-8/h6-7,9H,3-5,8H2,1-2H3. The molecule has 0 aliphatic heterocycles. The highest BCUT2D eigenvalue weighted by Crippen LogP contribution is 2.10. The van der Waals surface area contributed by atoms with E-state index in [0.29, 0.717) is 11.8 Å². The smallest absolute Gasteiger partial charge is 0.0670 e. The highest BCUT2D eigenvalue weighted by molar-refractivity contribution is 7.99. The van der Waals surface area contributed by atoms with E-state index < -0.39 is 0 Å². The average molecular weight is 163 g/mol. The van der Waals surface area contributed by atoms with E-state index in [1.807, 2.05) is 11.8 Å². The second kappa shape index (κ2) is 6.01. The second-order valence-corrected chi connectivity index (χ2v) is 4.28. The Kier molecular flexibility index (Phi) is 6.17. The molecule has 0 amide bonds. The van der Waals surface area contributed by atoms with Crippen LogP contribution in [0.5, 0.6) is 0 Å². The zero-order valence-corrected chi connectivity index (χ0v) is 7.53. The Morgan fingerprint density at radius 2 is 2.10 bits per heavy atom. The summed E-state index contributed by atoms with van der Waals surface area (Å²) in [6, 6.07) is 0. The van der Waals surface area contributed by atoms with Crippen LogP contribution < -0.4 is 5.73 Å². The molecule has 0 saturated heterocycles. The molecule has 0 rings (SSSR count). The predicted molar refractivity (Wildman–Crippen MR) is 47.3 cm³/mol. The lowest BCUT2D eigenvalue weighted by atomic mass is 10.3. The van der Waals surface area contributed by atoms with Crippen LogP contribution >= 0.6 is 11.8 Å². The Morgan fingerprint density at radius 1 is 1.50 bits per heavy atom. The summed E-state index contributed by atoms with van der Waals surface area (Å²) >= 11 is 1.86. The number of hydrogen-bond donors (Lipinski definition) is 2. The number of aliphatic hydroxyl groups excluding tert-OH is 1. The van der Waals surface area contributed by atoms with E-state index in [-0.39, 0.29) is 6.10 Å². The minimum absolute atomic E-state index is 0.300. The van der Waals surface area contributed by atoms with Crippen molar-refractivity contribution in [1.82, 2.24) is 0 Å². The molecule has 1 unspecified atom stereocenters. The van der Waals surface area contributed by atoms with Crippen molar-refractivity contribution in [2.75, 3.05) is 12.3 Å². The summed E-state index contributed by atoms with van der Waals surface area (Å²) in [5.74, 6) is 1.01. The highest BCUT2D eigenvalue weighted by Gasteiger charge is 2.00. The van der Waals surface area contributed by atoms with Crippen LogP contribution in [0, 0.1) is 0 Å². The van der Waals surface area contributed by atoms with Gasteiger partial charge in [0, 0.05) is 6.54 Å². The molecule has 3 heteroatoms. The first-order valence-electron chi connectivity index (χ1n) is 3.66. The highest BCUT2D eigenvalue weighted by atomic mass is 32.2. The van der Waals surface area contributed by atoms with Crippen molar-refractivity contribution in [2.45, 2.75) is 31.6 Å². The fourth-order valence-electron chi connectivity index (χ4n) is 0.558. The Hall–Kier alpha value is 0.270. The largest absolute Gasteiger partial charge is 0.392 e. The van der Waals surface area contributed by atoms with Gasteiger partial charge in [0.15, 0.2) is 0 Å². The Morgan fingerprint density at radius 3 is 2.50 bits per heavy atom. The normalized spacial score (nSPS) is 14.1. The molecule has 0 aliphatic carbocycles. The lowest BCUT2D eigenvalue weighted by Gasteiger charge is -2.07. The SMILES string of the molecule is CC(C)SCCC(O)CN. The molecule has 0 aromatic rings. The van der Waals surface area contributed by atoms with E-state index >= 15 is 0 Å². The van der Waals surface area contributed by atoms with Gasteiger partial charge in [-0.2, -0.15) is 11.8 Å². The maximum Gasteiger partial charge on any atom is 0.0670 e. The van der Waals surface area contributed by atoms with E-state index in [1.165, 1.54) is 0 Å². The molecule has 0 radical (unpaired) electrons. The molecular formula is C7H17NOS. The van der Waals surface area contributed by atoms with E-state index in [2.05, 4.69) is 13.8 Å². The van der Waals surface area contributed by atoms with Crippen LogP contribution in [-0.2, 0) is 0 Å². The van der Waals surface area contributed by atoms with E-state index in [0.717, 1.165) is 12.2 Å². The van der Waals surface area contributed by atoms with Gasteiger partial charge in [-0.15, -0.1) is 0 Å². The Balaban J connectivity index is 3.03. The second-order valence-electron chi connectivity index (χ2n) is 2.60. The van der Waals surface area contributed by atoms with E-state index in [1.54, 1.807) is 0 Å². The maximum atomic E-state index is 9.03. The van der Waals surface area contributed by atoms with Gasteiger partial charge in [0.25, 0.3) is 0 Å². The Bertz CT molecular complexity index is 78.0. The first-order valence-corrected chi connectivity index (χ1v) is 4.71. The van der Waals surface area contributed by atoms with Crippen molar-refractivity contribution in [2.24, 2.45) is 5.73 Å². The van der Waals surface area contributed by atoms with E-state index in [9.17, 15) is 0 Å². The van der Waals surface area contributed by atoms with Crippen molar-refractivity contribution >= 4 is 11.8 Å². The molecule has 0 bridgehead atoms. The number of nitrogens with two attached hydrogens (primary N) is 1. The van der Waals surface area contributed by atoms with Crippen LogP contribution in [0.4, 0.5) is 0 Å². The van der Waals surface area contributed by atoms with Crippen molar-refractivity contribution in [3.05, 3.63) is 0 Å². The van der Waals surface area contributed by atoms with Crippen LogP contribution in [0.2, 0.25) is 0 Å². The minimum Gasteiger partial charge on any atom is -0.392 e. The van der Waals surface area contributed by atoms with Gasteiger partial charge in [-0.25, -0.2) is 0 Å². The summed E-state index contributed by atoms with van der Waals surface area (Å²) in [7, 11) is 0. The summed E-state index contributed by atoms with van der Waals surface area (Å²) in [6.45, 7) is 4.69. The van der Waals surface area contributed by atoms with Gasteiger partial charge in [-0.3, -0.25) is 0 Å². The van der Waals surface area contributed by atoms with Crippen LogP contribution in [-0.4, -0.2) is 28.8 Å². The average Bonchev–Trinajstić information content (AvgIpc) is 1.87. The molecule has 62 valence electrons. The number of thioether (sulfide) groups is 1. The van der Waals surface area contributed by atoms with Crippen molar-refractivity contribution < 1.29 is 5.11 Å². The summed E-state index contributed by atoms with van der Waals surface area (Å²) in [5, 5.41) is 9.69. The third-order valence-electron chi connectivity index (χ3n) is 1.17. The molecule has 0 heterocycles. The summed E-state index contributed by atoms with van der Waals surface area (Å²) in [4.78, 5) is 0. The third-order valence-corrected chi connectivity index (χ3v) is 2.31. The molecule has 0 fully saturated rings. The maximum absolute atomic E-state index is 9.03. The zero-order chi connectivity index (χ0) is 7.98. The van der Waals surface area contributed by atoms with Gasteiger partial charge < -0.3 is 10.8 Å². The fourth-order valence-corrected chi connectivity index (χ4v) is 1.44. The monoisotopic (exact) mass is 163 g/mol. The molecule has 3 N–H and O–H groups in total. The summed E-state index contributed by atoms with van der Waals surface area (Å²) in [5.41, 5.74) is 5.23. The molecule has 0 aromatic carbocycles. The van der Waals surface area contributed by atoms with Gasteiger partial charge in [-0.05, 0) is 17.4 Å².